The lowest BCUT2D eigenvalue weighted by Crippen LogP contribution is -2.45. The fraction of sp³-hybridized carbons (Fsp3) is 0.611. The van der Waals surface area contributed by atoms with Crippen LogP contribution in [0.1, 0.15) is 27.7 Å². The molecule has 0 aromatic heterocycles. The minimum atomic E-state index is -1.81. The van der Waals surface area contributed by atoms with Crippen LogP contribution in [0.15, 0.2) is 18.2 Å². The van der Waals surface area contributed by atoms with Gasteiger partial charge >= 0.3 is 0 Å². The zero-order valence-corrected chi connectivity index (χ0v) is 16.5. The summed E-state index contributed by atoms with van der Waals surface area (Å²) in [6.07, 6.45) is 0. The SMILES string of the molecule is CC(CO[Si](C)(C)C(C)(C)C)CN1C(=O)COc2cc(F)ccc21. The van der Waals surface area contributed by atoms with E-state index in [-0.39, 0.29) is 29.3 Å². The number of benzene rings is 1. The van der Waals surface area contributed by atoms with Gasteiger partial charge in [-0.1, -0.05) is 27.7 Å². The summed E-state index contributed by atoms with van der Waals surface area (Å²) in [5.41, 5.74) is 0.631. The summed E-state index contributed by atoms with van der Waals surface area (Å²) >= 11 is 0. The van der Waals surface area contributed by atoms with Gasteiger partial charge in [-0.3, -0.25) is 4.79 Å². The van der Waals surface area contributed by atoms with Gasteiger partial charge in [-0.15, -0.1) is 0 Å². The monoisotopic (exact) mass is 353 g/mol. The number of amides is 1. The zero-order chi connectivity index (χ0) is 18.1. The molecule has 1 aliphatic rings. The van der Waals surface area contributed by atoms with Crippen molar-refractivity contribution in [3.8, 4) is 5.75 Å². The molecule has 24 heavy (non-hydrogen) atoms. The average molecular weight is 354 g/mol. The lowest BCUT2D eigenvalue weighted by Gasteiger charge is -2.38. The summed E-state index contributed by atoms with van der Waals surface area (Å²) < 4.78 is 24.9. The maximum absolute atomic E-state index is 13.3. The summed E-state index contributed by atoms with van der Waals surface area (Å²) in [7, 11) is -1.81. The molecule has 1 aliphatic heterocycles. The molecule has 1 amide bonds. The quantitative estimate of drug-likeness (QED) is 0.744. The Balaban J connectivity index is 2.04. The van der Waals surface area contributed by atoms with Crippen molar-refractivity contribution in [2.75, 3.05) is 24.7 Å². The molecular formula is C18H28FNO3Si. The highest BCUT2D eigenvalue weighted by molar-refractivity contribution is 6.74. The van der Waals surface area contributed by atoms with E-state index in [1.807, 2.05) is 0 Å². The number of nitrogens with zero attached hydrogens (tertiary/aromatic N) is 1. The number of halogens is 1. The molecular weight excluding hydrogens is 325 g/mol. The number of hydrogen-bond acceptors (Lipinski definition) is 3. The third-order valence-corrected chi connectivity index (χ3v) is 9.39. The minimum absolute atomic E-state index is 0.0493. The molecule has 0 bridgehead atoms. The van der Waals surface area contributed by atoms with Crippen LogP contribution in [0.5, 0.6) is 5.75 Å². The van der Waals surface area contributed by atoms with Gasteiger partial charge in [-0.2, -0.15) is 0 Å². The molecule has 4 nitrogen and oxygen atoms in total. The molecule has 1 aromatic carbocycles. The van der Waals surface area contributed by atoms with Crippen molar-refractivity contribution in [1.29, 1.82) is 0 Å². The topological polar surface area (TPSA) is 38.8 Å². The molecule has 1 aromatic rings. The lowest BCUT2D eigenvalue weighted by molar-refractivity contribution is -0.121. The Bertz CT molecular complexity index is 613. The molecule has 1 heterocycles. The van der Waals surface area contributed by atoms with E-state index in [1.165, 1.54) is 12.1 Å². The molecule has 2 rings (SSSR count). The van der Waals surface area contributed by atoms with Gasteiger partial charge < -0.3 is 14.1 Å². The van der Waals surface area contributed by atoms with Crippen molar-refractivity contribution < 1.29 is 18.3 Å². The van der Waals surface area contributed by atoms with Crippen molar-refractivity contribution >= 4 is 19.9 Å². The van der Waals surface area contributed by atoms with Crippen molar-refractivity contribution in [3.05, 3.63) is 24.0 Å². The van der Waals surface area contributed by atoms with E-state index in [9.17, 15) is 9.18 Å². The van der Waals surface area contributed by atoms with Crippen LogP contribution >= 0.6 is 0 Å². The Hall–Kier alpha value is -1.40. The Kier molecular flexibility index (Phi) is 5.40. The fourth-order valence-electron chi connectivity index (χ4n) is 2.31. The lowest BCUT2D eigenvalue weighted by atomic mass is 10.1. The minimum Gasteiger partial charge on any atom is -0.481 e. The molecule has 0 aliphatic carbocycles. The predicted molar refractivity (Wildman–Crippen MR) is 96.6 cm³/mol. The third kappa shape index (κ3) is 4.16. The van der Waals surface area contributed by atoms with Gasteiger partial charge in [0, 0.05) is 19.2 Å². The van der Waals surface area contributed by atoms with E-state index < -0.39 is 8.32 Å². The highest BCUT2D eigenvalue weighted by Gasteiger charge is 2.37. The highest BCUT2D eigenvalue weighted by atomic mass is 28.4. The van der Waals surface area contributed by atoms with Gasteiger partial charge in [0.25, 0.3) is 5.91 Å². The molecule has 6 heteroatoms. The second kappa shape index (κ2) is 6.84. The predicted octanol–water partition coefficient (Wildman–Crippen LogP) is 4.21. The second-order valence-electron chi connectivity index (χ2n) is 8.08. The van der Waals surface area contributed by atoms with E-state index >= 15 is 0 Å². The highest BCUT2D eigenvalue weighted by Crippen LogP contribution is 2.37. The van der Waals surface area contributed by atoms with E-state index in [2.05, 4.69) is 40.8 Å². The molecule has 0 spiro atoms. The van der Waals surface area contributed by atoms with Crippen molar-refractivity contribution in [3.63, 3.8) is 0 Å². The molecule has 1 unspecified atom stereocenters. The van der Waals surface area contributed by atoms with Crippen LogP contribution in [-0.4, -0.2) is 34.0 Å². The summed E-state index contributed by atoms with van der Waals surface area (Å²) in [6, 6.07) is 4.28. The van der Waals surface area contributed by atoms with Gasteiger partial charge in [0.1, 0.15) is 11.6 Å². The summed E-state index contributed by atoms with van der Waals surface area (Å²) in [5.74, 6) is 0.136. The smallest absolute Gasteiger partial charge is 0.265 e. The second-order valence-corrected chi connectivity index (χ2v) is 12.9. The third-order valence-electron chi connectivity index (χ3n) is 4.89. The normalized spacial score (nSPS) is 16.6. The number of rotatable bonds is 5. The Morgan fingerprint density at radius 3 is 2.67 bits per heavy atom. The van der Waals surface area contributed by atoms with Crippen LogP contribution in [0, 0.1) is 11.7 Å². The van der Waals surface area contributed by atoms with Crippen LogP contribution in [0.3, 0.4) is 0 Å². The molecule has 0 N–H and O–H groups in total. The van der Waals surface area contributed by atoms with Gasteiger partial charge in [-0.05, 0) is 36.2 Å². The van der Waals surface area contributed by atoms with Crippen LogP contribution in [0.25, 0.3) is 0 Å². The molecule has 0 radical (unpaired) electrons. The van der Waals surface area contributed by atoms with E-state index in [0.29, 0.717) is 24.6 Å². The summed E-state index contributed by atoms with van der Waals surface area (Å²) in [5, 5.41) is 0.158. The summed E-state index contributed by atoms with van der Waals surface area (Å²) in [6.45, 7) is 14.2. The first-order chi connectivity index (χ1) is 11.0. The van der Waals surface area contributed by atoms with Crippen LogP contribution < -0.4 is 9.64 Å². The van der Waals surface area contributed by atoms with Gasteiger partial charge in [0.15, 0.2) is 14.9 Å². The van der Waals surface area contributed by atoms with Gasteiger partial charge in [-0.25, -0.2) is 4.39 Å². The number of ether oxygens (including phenoxy) is 1. The van der Waals surface area contributed by atoms with Crippen LogP contribution in [-0.2, 0) is 9.22 Å². The number of fused-ring (bicyclic) bond motifs is 1. The van der Waals surface area contributed by atoms with E-state index in [0.717, 1.165) is 0 Å². The van der Waals surface area contributed by atoms with Gasteiger partial charge in [0.05, 0.1) is 5.69 Å². The summed E-state index contributed by atoms with van der Waals surface area (Å²) in [4.78, 5) is 13.9. The first kappa shape index (κ1) is 18.9. The van der Waals surface area contributed by atoms with Crippen molar-refractivity contribution in [2.24, 2.45) is 5.92 Å². The maximum Gasteiger partial charge on any atom is 0.265 e. The van der Waals surface area contributed by atoms with Crippen LogP contribution in [0.4, 0.5) is 10.1 Å². The Labute approximate surface area is 145 Å². The van der Waals surface area contributed by atoms with Crippen LogP contribution in [0.2, 0.25) is 18.1 Å². The molecule has 0 saturated heterocycles. The molecule has 134 valence electrons. The first-order valence-electron chi connectivity index (χ1n) is 8.38. The number of anilines is 1. The average Bonchev–Trinajstić information content (AvgIpc) is 2.47. The number of carbonyl (C=O) groups excluding carboxylic acids is 1. The standard InChI is InChI=1S/C18H28FNO3Si/c1-13(11-23-24(5,6)18(2,3)4)10-20-15-8-7-14(19)9-16(15)22-12-17(20)21/h7-9,13H,10-12H2,1-6H3. The fourth-order valence-corrected chi connectivity index (χ4v) is 3.44. The first-order valence-corrected chi connectivity index (χ1v) is 11.3. The Morgan fingerprint density at radius 1 is 1.38 bits per heavy atom. The van der Waals surface area contributed by atoms with Gasteiger partial charge in [0.2, 0.25) is 0 Å². The molecule has 1 atom stereocenters. The van der Waals surface area contributed by atoms with E-state index in [1.54, 1.807) is 11.0 Å². The largest absolute Gasteiger partial charge is 0.481 e. The zero-order valence-electron chi connectivity index (χ0n) is 15.5. The number of hydrogen-bond donors (Lipinski definition) is 0. The molecule has 0 fully saturated rings. The van der Waals surface area contributed by atoms with Crippen molar-refractivity contribution in [1.82, 2.24) is 0 Å². The maximum atomic E-state index is 13.3. The number of carbonyl (C=O) groups is 1. The molecule has 0 saturated carbocycles. The Morgan fingerprint density at radius 2 is 2.04 bits per heavy atom. The van der Waals surface area contributed by atoms with Crippen molar-refractivity contribution in [2.45, 2.75) is 45.8 Å². The van der Waals surface area contributed by atoms with E-state index in [4.69, 9.17) is 9.16 Å².